The van der Waals surface area contributed by atoms with Crippen LogP contribution in [0.1, 0.15) is 72.0 Å². The van der Waals surface area contributed by atoms with E-state index in [1.165, 1.54) is 57.2 Å². The van der Waals surface area contributed by atoms with E-state index >= 15 is 0 Å². The topological polar surface area (TPSA) is 268 Å². The zero-order valence-electron chi connectivity index (χ0n) is 36.2. The standard InChI is InChI=1S/C44H55N9O12/c1-3-4-12-35(50(62)31-54)42(59)48(28-11-29-49(30-23-32-19-21-33(45-2)22-20-32)44(61)37-15-9-18-40(57)53(37)65)26-6-5-25-47(43(60)36-14-8-17-39(56)52(36)64)27-10-24-46-41(58)34-13-7-16-38(55)51(34)63/h3-4,8-9,12-15,17-22,31,45,62-65H,5-7,10-11,16,23-30H2,1-2H3,(H,46,58)/b4-3-,35-12-. The first-order valence-electron chi connectivity index (χ1n) is 21.0. The molecular weight excluding hydrogens is 847 g/mol. The third-order valence-electron chi connectivity index (χ3n) is 10.3. The van der Waals surface area contributed by atoms with Crippen LogP contribution in [0.15, 0.2) is 106 Å². The van der Waals surface area contributed by atoms with Gasteiger partial charge >= 0.3 is 0 Å². The summed E-state index contributed by atoms with van der Waals surface area (Å²) >= 11 is 0. The van der Waals surface area contributed by atoms with Gasteiger partial charge in [-0.3, -0.25) is 48.8 Å². The Morgan fingerprint density at radius 2 is 1.29 bits per heavy atom. The first kappa shape index (κ1) is 50.1. The van der Waals surface area contributed by atoms with Gasteiger partial charge in [0, 0.05) is 77.1 Å². The van der Waals surface area contributed by atoms with E-state index in [4.69, 9.17) is 0 Å². The predicted octanol–water partition coefficient (Wildman–Crippen LogP) is 2.06. The molecule has 21 heteroatoms. The van der Waals surface area contributed by atoms with Crippen molar-refractivity contribution in [1.82, 2.24) is 39.6 Å². The summed E-state index contributed by atoms with van der Waals surface area (Å²) in [5, 5.41) is 47.2. The number of pyridine rings is 2. The molecule has 0 bridgehead atoms. The molecule has 348 valence electrons. The Bertz CT molecular complexity index is 2370. The molecule has 6 N–H and O–H groups in total. The molecule has 6 amide bonds. The average Bonchev–Trinajstić information content (AvgIpc) is 3.31. The summed E-state index contributed by atoms with van der Waals surface area (Å²) in [4.78, 5) is 106. The molecule has 4 rings (SSSR count). The van der Waals surface area contributed by atoms with Crippen LogP contribution in [0.2, 0.25) is 0 Å². The van der Waals surface area contributed by atoms with Crippen molar-refractivity contribution >= 4 is 41.6 Å². The molecule has 0 atom stereocenters. The van der Waals surface area contributed by atoms with Crippen molar-refractivity contribution in [3.63, 3.8) is 0 Å². The zero-order valence-corrected chi connectivity index (χ0v) is 36.2. The fourth-order valence-electron chi connectivity index (χ4n) is 6.78. The molecule has 3 aromatic rings. The first-order valence-corrected chi connectivity index (χ1v) is 21.0. The lowest BCUT2D eigenvalue weighted by Crippen LogP contribution is -2.42. The minimum Gasteiger partial charge on any atom is -0.425 e. The van der Waals surface area contributed by atoms with E-state index in [2.05, 4.69) is 10.6 Å². The molecule has 0 fully saturated rings. The number of nitrogens with zero attached hydrogens (tertiary/aromatic N) is 7. The van der Waals surface area contributed by atoms with E-state index in [-0.39, 0.29) is 133 Å². The quantitative estimate of drug-likeness (QED) is 0.0143. The van der Waals surface area contributed by atoms with Gasteiger partial charge in [0.25, 0.3) is 40.7 Å². The van der Waals surface area contributed by atoms with E-state index in [1.54, 1.807) is 20.0 Å². The van der Waals surface area contributed by atoms with Gasteiger partial charge in [0.05, 0.1) is 0 Å². The van der Waals surface area contributed by atoms with Crippen LogP contribution in [0, 0.1) is 0 Å². The van der Waals surface area contributed by atoms with Crippen LogP contribution in [-0.2, 0) is 25.6 Å². The molecule has 65 heavy (non-hydrogen) atoms. The molecule has 1 aliphatic rings. The Hall–Kier alpha value is -7.52. The molecule has 0 saturated carbocycles. The molecule has 3 heterocycles. The van der Waals surface area contributed by atoms with Crippen molar-refractivity contribution in [2.45, 2.75) is 51.9 Å². The van der Waals surface area contributed by atoms with Gasteiger partial charge in [0.2, 0.25) is 6.41 Å². The molecule has 0 unspecified atom stereocenters. The van der Waals surface area contributed by atoms with Crippen LogP contribution in [0.5, 0.6) is 0 Å². The van der Waals surface area contributed by atoms with E-state index < -0.39 is 40.7 Å². The highest BCUT2D eigenvalue weighted by molar-refractivity contribution is 5.98. The summed E-state index contributed by atoms with van der Waals surface area (Å²) in [6.45, 7) is 2.00. The maximum Gasteiger partial charge on any atom is 0.283 e. The lowest BCUT2D eigenvalue weighted by atomic mass is 10.1. The van der Waals surface area contributed by atoms with Crippen molar-refractivity contribution in [3.8, 4) is 0 Å². The number of rotatable bonds is 24. The average molecular weight is 902 g/mol. The molecule has 0 radical (unpaired) electrons. The Kier molecular flexibility index (Phi) is 19.2. The number of unbranched alkanes of at least 4 members (excludes halogenated alkanes) is 1. The van der Waals surface area contributed by atoms with Gasteiger partial charge in [0.1, 0.15) is 22.8 Å². The molecule has 0 saturated heterocycles. The fourth-order valence-corrected chi connectivity index (χ4v) is 6.78. The smallest absolute Gasteiger partial charge is 0.283 e. The molecule has 2 aromatic heterocycles. The predicted molar refractivity (Wildman–Crippen MR) is 234 cm³/mol. The maximum atomic E-state index is 14.0. The minimum absolute atomic E-state index is 0.00345. The summed E-state index contributed by atoms with van der Waals surface area (Å²) < 4.78 is 0.487. The molecule has 0 spiro atoms. The van der Waals surface area contributed by atoms with Crippen molar-refractivity contribution in [2.75, 3.05) is 58.2 Å². The lowest BCUT2D eigenvalue weighted by Gasteiger charge is -2.28. The van der Waals surface area contributed by atoms with Crippen LogP contribution in [-0.4, -0.2) is 144 Å². The van der Waals surface area contributed by atoms with Gasteiger partial charge in [-0.2, -0.15) is 10.1 Å². The van der Waals surface area contributed by atoms with Crippen LogP contribution in [0.3, 0.4) is 0 Å². The van der Waals surface area contributed by atoms with Crippen LogP contribution >= 0.6 is 0 Å². The second-order valence-electron chi connectivity index (χ2n) is 14.7. The third kappa shape index (κ3) is 14.0. The lowest BCUT2D eigenvalue weighted by molar-refractivity contribution is -0.161. The monoisotopic (exact) mass is 901 g/mol. The van der Waals surface area contributed by atoms with Gasteiger partial charge in [-0.05, 0) is 81.4 Å². The highest BCUT2D eigenvalue weighted by Gasteiger charge is 2.27. The summed E-state index contributed by atoms with van der Waals surface area (Å²) in [5.41, 5.74) is -1.02. The Morgan fingerprint density at radius 3 is 1.88 bits per heavy atom. The summed E-state index contributed by atoms with van der Waals surface area (Å²) in [5.74, 6) is -3.41. The minimum atomic E-state index is -0.839. The van der Waals surface area contributed by atoms with E-state index in [0.717, 1.165) is 23.4 Å². The number of allylic oxidation sites excluding steroid dienone is 4. The Labute approximate surface area is 374 Å². The maximum absolute atomic E-state index is 14.0. The number of carbonyl (C=O) groups is 6. The molecular formula is C44H55N9O12. The van der Waals surface area contributed by atoms with E-state index in [0.29, 0.717) is 6.42 Å². The number of hydrogen-bond donors (Lipinski definition) is 6. The number of nitrogens with one attached hydrogen (secondary N) is 2. The second kappa shape index (κ2) is 24.9. The largest absolute Gasteiger partial charge is 0.425 e. The Morgan fingerprint density at radius 1 is 0.738 bits per heavy atom. The van der Waals surface area contributed by atoms with Crippen molar-refractivity contribution in [1.29, 1.82) is 0 Å². The van der Waals surface area contributed by atoms with Gasteiger partial charge < -0.3 is 35.7 Å². The first-order chi connectivity index (χ1) is 31.2. The SMILES string of the molecule is C/C=C\C=C(\C(=O)N(CCCCN(CCCNC(=O)C1=CCCC(=O)N1O)C(=O)c1cccc(=O)n1O)CCCN(CCc1ccc(NC)cc1)C(=O)c1cccc(=O)n1O)N(O)C=O. The molecule has 1 aromatic carbocycles. The van der Waals surface area contributed by atoms with Crippen LogP contribution < -0.4 is 21.8 Å². The molecule has 0 aliphatic carbocycles. The number of aromatic nitrogens is 2. The fraction of sp³-hybridized carbons (Fsp3) is 0.364. The highest BCUT2D eigenvalue weighted by atomic mass is 16.5. The number of hydrogen-bond acceptors (Lipinski definition) is 13. The normalized spacial score (nSPS) is 12.7. The van der Waals surface area contributed by atoms with Gasteiger partial charge in [-0.25, -0.2) is 0 Å². The van der Waals surface area contributed by atoms with Gasteiger partial charge in [-0.15, -0.1) is 9.46 Å². The van der Waals surface area contributed by atoms with Crippen molar-refractivity contribution in [2.24, 2.45) is 0 Å². The molecule has 21 nitrogen and oxygen atoms in total. The second-order valence-corrected chi connectivity index (χ2v) is 14.7. The number of benzene rings is 1. The van der Waals surface area contributed by atoms with Crippen LogP contribution in [0.25, 0.3) is 0 Å². The summed E-state index contributed by atoms with van der Waals surface area (Å²) in [6.07, 6.45) is 7.37. The molecule has 1 aliphatic heterocycles. The third-order valence-corrected chi connectivity index (χ3v) is 10.3. The van der Waals surface area contributed by atoms with Gasteiger partial charge in [0.15, 0.2) is 0 Å². The zero-order chi connectivity index (χ0) is 47.5. The number of hydroxylamine groups is 4. The van der Waals surface area contributed by atoms with E-state index in [1.807, 2.05) is 24.3 Å². The van der Waals surface area contributed by atoms with E-state index in [9.17, 15) is 59.2 Å². The number of anilines is 1. The number of amides is 6. The Balaban J connectivity index is 1.51. The van der Waals surface area contributed by atoms with Crippen molar-refractivity contribution < 1.29 is 49.6 Å². The highest BCUT2D eigenvalue weighted by Crippen LogP contribution is 2.16. The van der Waals surface area contributed by atoms with Gasteiger partial charge in [-0.1, -0.05) is 42.5 Å². The summed E-state index contributed by atoms with van der Waals surface area (Å²) in [7, 11) is 1.79. The summed E-state index contributed by atoms with van der Waals surface area (Å²) in [6, 6.07) is 15.0. The van der Waals surface area contributed by atoms with Crippen molar-refractivity contribution in [3.05, 3.63) is 134 Å². The number of carbonyl (C=O) groups excluding carboxylic acids is 6. The van der Waals surface area contributed by atoms with Crippen LogP contribution in [0.4, 0.5) is 5.69 Å².